The zero-order valence-corrected chi connectivity index (χ0v) is 19.0. The molecule has 1 aliphatic heterocycles. The molecule has 2 aromatic rings. The van der Waals surface area contributed by atoms with Crippen molar-refractivity contribution in [3.8, 4) is 0 Å². The van der Waals surface area contributed by atoms with Crippen molar-refractivity contribution in [2.45, 2.75) is 45.2 Å². The number of hydrogen-bond donors (Lipinski definition) is 4. The molecule has 0 unspecified atom stereocenters. The van der Waals surface area contributed by atoms with Crippen LogP contribution in [-0.2, 0) is 6.42 Å². The number of aromatic nitrogens is 3. The molecule has 0 spiro atoms. The smallest absolute Gasteiger partial charge is 0.315 e. The van der Waals surface area contributed by atoms with E-state index in [0.717, 1.165) is 50.5 Å². The van der Waals surface area contributed by atoms with Crippen LogP contribution >= 0.6 is 11.6 Å². The Labute approximate surface area is 188 Å². The van der Waals surface area contributed by atoms with Gasteiger partial charge in [0.1, 0.15) is 0 Å². The Morgan fingerprint density at radius 3 is 2.61 bits per heavy atom. The van der Waals surface area contributed by atoms with E-state index in [1.165, 1.54) is 5.56 Å². The second-order valence-electron chi connectivity index (χ2n) is 8.21. The highest BCUT2D eigenvalue weighted by molar-refractivity contribution is 6.30. The number of nitrogens with two attached hydrogens (primary N) is 1. The van der Waals surface area contributed by atoms with Gasteiger partial charge in [0.25, 0.3) is 0 Å². The maximum atomic E-state index is 11.9. The molecule has 0 bridgehead atoms. The van der Waals surface area contributed by atoms with Crippen LogP contribution in [0.5, 0.6) is 0 Å². The highest BCUT2D eigenvalue weighted by atomic mass is 35.5. The van der Waals surface area contributed by atoms with Crippen molar-refractivity contribution in [2.75, 3.05) is 43.4 Å². The molecule has 31 heavy (non-hydrogen) atoms. The van der Waals surface area contributed by atoms with Crippen LogP contribution in [0.1, 0.15) is 32.3 Å². The molecule has 1 aromatic heterocycles. The number of anilines is 2. The van der Waals surface area contributed by atoms with Crippen LogP contribution in [0, 0.1) is 0 Å². The molecular formula is C21H33ClN8O. The van der Waals surface area contributed by atoms with Crippen molar-refractivity contribution in [3.05, 3.63) is 34.9 Å². The predicted octanol–water partition coefficient (Wildman–Crippen LogP) is 2.26. The minimum atomic E-state index is -0.121. The normalized spacial score (nSPS) is 14.9. The first-order valence-corrected chi connectivity index (χ1v) is 11.2. The van der Waals surface area contributed by atoms with Crippen molar-refractivity contribution < 1.29 is 4.79 Å². The number of carbonyl (C=O) groups excluding carboxylic acids is 1. The van der Waals surface area contributed by atoms with Gasteiger partial charge in [0, 0.05) is 49.8 Å². The number of aromatic amines is 1. The van der Waals surface area contributed by atoms with Gasteiger partial charge in [-0.3, -0.25) is 4.90 Å². The molecule has 1 saturated heterocycles. The first kappa shape index (κ1) is 23.1. The van der Waals surface area contributed by atoms with Gasteiger partial charge < -0.3 is 21.3 Å². The van der Waals surface area contributed by atoms with E-state index >= 15 is 0 Å². The highest BCUT2D eigenvalue weighted by Gasteiger charge is 2.26. The lowest BCUT2D eigenvalue weighted by Crippen LogP contribution is -2.49. The Morgan fingerprint density at radius 1 is 1.29 bits per heavy atom. The summed E-state index contributed by atoms with van der Waals surface area (Å²) in [7, 11) is 0. The number of nitrogens with zero attached hydrogens (tertiary/aromatic N) is 4. The summed E-state index contributed by atoms with van der Waals surface area (Å²) in [4.78, 5) is 20.8. The first-order chi connectivity index (χ1) is 14.9. The SMILES string of the molecule is CC(C)NC(=O)NCCN(CCc1ccc(Cl)cc1)C1CCN(c2n[nH]c(N)n2)CC1. The van der Waals surface area contributed by atoms with Gasteiger partial charge in [-0.2, -0.15) is 4.98 Å². The van der Waals surface area contributed by atoms with E-state index in [9.17, 15) is 4.79 Å². The summed E-state index contributed by atoms with van der Waals surface area (Å²) < 4.78 is 0. The Hall–Kier alpha value is -2.52. The van der Waals surface area contributed by atoms with E-state index in [1.807, 2.05) is 26.0 Å². The van der Waals surface area contributed by atoms with Crippen molar-refractivity contribution in [1.29, 1.82) is 0 Å². The minimum absolute atomic E-state index is 0.120. The Kier molecular flexibility index (Phi) is 8.36. The monoisotopic (exact) mass is 448 g/mol. The van der Waals surface area contributed by atoms with Crippen LogP contribution in [0.2, 0.25) is 5.02 Å². The molecule has 0 radical (unpaired) electrons. The number of H-pyrrole nitrogens is 1. The number of piperidine rings is 1. The molecule has 10 heteroatoms. The molecule has 0 aliphatic carbocycles. The zero-order valence-electron chi connectivity index (χ0n) is 18.3. The van der Waals surface area contributed by atoms with Crippen LogP contribution in [0.25, 0.3) is 0 Å². The largest absolute Gasteiger partial charge is 0.368 e. The van der Waals surface area contributed by atoms with Crippen molar-refractivity contribution in [3.63, 3.8) is 0 Å². The highest BCUT2D eigenvalue weighted by Crippen LogP contribution is 2.21. The fraction of sp³-hybridized carbons (Fsp3) is 0.571. The quantitative estimate of drug-likeness (QED) is 0.467. The number of amides is 2. The Balaban J connectivity index is 1.55. The summed E-state index contributed by atoms with van der Waals surface area (Å²) in [6.45, 7) is 7.99. The van der Waals surface area contributed by atoms with Gasteiger partial charge in [0.05, 0.1) is 0 Å². The van der Waals surface area contributed by atoms with Crippen molar-refractivity contribution >= 4 is 29.5 Å². The van der Waals surface area contributed by atoms with Crippen LogP contribution < -0.4 is 21.3 Å². The lowest BCUT2D eigenvalue weighted by Gasteiger charge is -2.38. The van der Waals surface area contributed by atoms with Gasteiger partial charge in [-0.15, -0.1) is 5.10 Å². The molecule has 1 aromatic carbocycles. The van der Waals surface area contributed by atoms with Gasteiger partial charge in [-0.05, 0) is 50.8 Å². The van der Waals surface area contributed by atoms with Crippen molar-refractivity contribution in [1.82, 2.24) is 30.7 Å². The molecule has 9 nitrogen and oxygen atoms in total. The number of nitrogens with one attached hydrogen (secondary N) is 3. The van der Waals surface area contributed by atoms with E-state index in [2.05, 4.69) is 47.7 Å². The van der Waals surface area contributed by atoms with Gasteiger partial charge >= 0.3 is 6.03 Å². The van der Waals surface area contributed by atoms with Gasteiger partial charge in [-0.25, -0.2) is 9.89 Å². The summed E-state index contributed by atoms with van der Waals surface area (Å²) in [5.41, 5.74) is 6.92. The van der Waals surface area contributed by atoms with Crippen molar-refractivity contribution in [2.24, 2.45) is 0 Å². The van der Waals surface area contributed by atoms with Crippen LogP contribution in [-0.4, -0.2) is 70.9 Å². The van der Waals surface area contributed by atoms with E-state index in [-0.39, 0.29) is 12.1 Å². The number of benzene rings is 1. The van der Waals surface area contributed by atoms with Gasteiger partial charge in [0.2, 0.25) is 11.9 Å². The molecule has 5 N–H and O–H groups in total. The molecule has 0 saturated carbocycles. The molecule has 0 atom stereocenters. The topological polar surface area (TPSA) is 115 Å². The number of hydrogen-bond acceptors (Lipinski definition) is 6. The number of rotatable bonds is 9. The lowest BCUT2D eigenvalue weighted by molar-refractivity contribution is 0.170. The van der Waals surface area contributed by atoms with Crippen LogP contribution in [0.3, 0.4) is 0 Å². The molecule has 1 aliphatic rings. The number of urea groups is 1. The molecular weight excluding hydrogens is 416 g/mol. The summed E-state index contributed by atoms with van der Waals surface area (Å²) in [6, 6.07) is 8.45. The summed E-state index contributed by atoms with van der Waals surface area (Å²) in [5.74, 6) is 1.00. The number of halogens is 1. The summed E-state index contributed by atoms with van der Waals surface area (Å²) in [6.07, 6.45) is 2.95. The predicted molar refractivity (Wildman–Crippen MR) is 124 cm³/mol. The van der Waals surface area contributed by atoms with Gasteiger partial charge in [-0.1, -0.05) is 23.7 Å². The molecule has 2 heterocycles. The first-order valence-electron chi connectivity index (χ1n) is 10.9. The van der Waals surface area contributed by atoms with E-state index in [4.69, 9.17) is 17.3 Å². The molecule has 2 amide bonds. The standard InChI is InChI=1S/C21H33ClN8O/c1-15(2)25-21(31)24-10-14-29(11-7-16-3-5-17(22)6-4-16)18-8-12-30(13-9-18)20-26-19(23)27-28-20/h3-6,15,18H,7-14H2,1-2H3,(H2,24,25,31)(H3,23,26,27,28). The third-order valence-corrected chi connectivity index (χ3v) is 5.71. The molecule has 1 fully saturated rings. The number of carbonyl (C=O) groups is 1. The van der Waals surface area contributed by atoms with E-state index in [1.54, 1.807) is 0 Å². The fourth-order valence-electron chi connectivity index (χ4n) is 3.86. The third-order valence-electron chi connectivity index (χ3n) is 5.46. The Morgan fingerprint density at radius 2 is 2.00 bits per heavy atom. The van der Waals surface area contributed by atoms with E-state index in [0.29, 0.717) is 24.5 Å². The molecule has 170 valence electrons. The maximum Gasteiger partial charge on any atom is 0.315 e. The Bertz CT molecular complexity index is 817. The molecule has 3 rings (SSSR count). The zero-order chi connectivity index (χ0) is 22.2. The maximum absolute atomic E-state index is 11.9. The van der Waals surface area contributed by atoms with Gasteiger partial charge in [0.15, 0.2) is 0 Å². The van der Waals surface area contributed by atoms with Crippen LogP contribution in [0.4, 0.5) is 16.7 Å². The second kappa shape index (κ2) is 11.2. The third kappa shape index (κ3) is 7.29. The average molecular weight is 449 g/mol. The summed E-state index contributed by atoms with van der Waals surface area (Å²) >= 11 is 6.01. The average Bonchev–Trinajstić information content (AvgIpc) is 3.18. The lowest BCUT2D eigenvalue weighted by atomic mass is 10.0. The summed E-state index contributed by atoms with van der Waals surface area (Å²) in [5, 5.41) is 13.5. The number of nitrogen functional groups attached to an aromatic ring is 1. The fourth-order valence-corrected chi connectivity index (χ4v) is 3.99. The van der Waals surface area contributed by atoms with Crippen LogP contribution in [0.15, 0.2) is 24.3 Å². The van der Waals surface area contributed by atoms with E-state index < -0.39 is 0 Å². The minimum Gasteiger partial charge on any atom is -0.368 e. The second-order valence-corrected chi connectivity index (χ2v) is 8.64.